The van der Waals surface area contributed by atoms with Crippen LogP contribution in [0.2, 0.25) is 0 Å². The fourth-order valence-corrected chi connectivity index (χ4v) is 2.21. The van der Waals surface area contributed by atoms with E-state index < -0.39 is 15.2 Å². The highest BCUT2D eigenvalue weighted by Crippen LogP contribution is 2.31. The number of benzene rings is 2. The number of hydrogen-bond acceptors (Lipinski definition) is 5. The molecule has 3 N–H and O–H groups in total. The molecule has 112 valence electrons. The molecular weight excluding hydrogens is 296 g/mol. The summed E-state index contributed by atoms with van der Waals surface area (Å²) in [5.41, 5.74) is 0.173. The van der Waals surface area contributed by atoms with Crippen LogP contribution in [0.25, 0.3) is 0 Å². The van der Waals surface area contributed by atoms with E-state index in [1.807, 2.05) is 0 Å². The third-order valence-electron chi connectivity index (χ3n) is 2.49. The summed E-state index contributed by atoms with van der Waals surface area (Å²) in [5.74, 6) is 0.586. The van der Waals surface area contributed by atoms with Crippen molar-refractivity contribution in [3.63, 3.8) is 0 Å². The molecule has 0 aromatic heterocycles. The zero-order valence-electron chi connectivity index (χ0n) is 11.1. The standard InChI is InChI=1S/C13H14N2O5S/c1-21(18,19)14-12-8-7-10(15(16)17)9-13(12)20-11-5-3-2-4-6-11/h2-9,14-16H,1H3. The van der Waals surface area contributed by atoms with Crippen molar-refractivity contribution in [3.05, 3.63) is 53.7 Å². The maximum absolute atomic E-state index is 11.3. The van der Waals surface area contributed by atoms with Crippen LogP contribution in [0.1, 0.15) is 0 Å². The summed E-state index contributed by atoms with van der Waals surface area (Å²) in [4.78, 5) is 0. The highest BCUT2D eigenvalue weighted by Gasteiger charge is 2.13. The van der Waals surface area contributed by atoms with E-state index in [0.29, 0.717) is 5.75 Å². The summed E-state index contributed by atoms with van der Waals surface area (Å²) in [6.07, 6.45) is 1.00. The van der Waals surface area contributed by atoms with Crippen LogP contribution < -0.4 is 14.7 Å². The molecule has 0 radical (unpaired) electrons. The first-order valence-corrected chi connectivity index (χ1v) is 7.82. The molecule has 0 heterocycles. The number of ether oxygens (including phenoxy) is 1. The summed E-state index contributed by atoms with van der Waals surface area (Å²) >= 11 is 0. The minimum absolute atomic E-state index is 0.0000165. The summed E-state index contributed by atoms with van der Waals surface area (Å²) in [6.45, 7) is 0. The van der Waals surface area contributed by atoms with Crippen molar-refractivity contribution in [3.8, 4) is 11.5 Å². The molecule has 0 spiro atoms. The van der Waals surface area contributed by atoms with Crippen LogP contribution in [0.3, 0.4) is 0 Å². The third kappa shape index (κ3) is 4.43. The molecule has 1 atom stereocenters. The van der Waals surface area contributed by atoms with E-state index in [1.54, 1.807) is 30.3 Å². The quantitative estimate of drug-likeness (QED) is 0.721. The molecule has 0 amide bonds. The van der Waals surface area contributed by atoms with E-state index in [0.717, 1.165) is 6.26 Å². The lowest BCUT2D eigenvalue weighted by Gasteiger charge is -2.16. The fraction of sp³-hybridized carbons (Fsp3) is 0.0769. The van der Waals surface area contributed by atoms with Crippen molar-refractivity contribution in [2.75, 3.05) is 11.0 Å². The van der Waals surface area contributed by atoms with E-state index in [-0.39, 0.29) is 17.1 Å². The Bertz CT molecular complexity index is 717. The Morgan fingerprint density at radius 3 is 2.43 bits per heavy atom. The van der Waals surface area contributed by atoms with Crippen LogP contribution in [0.5, 0.6) is 11.5 Å². The molecule has 0 aliphatic carbocycles. The third-order valence-corrected chi connectivity index (χ3v) is 3.09. The van der Waals surface area contributed by atoms with Gasteiger partial charge in [-0.1, -0.05) is 18.2 Å². The average molecular weight is 310 g/mol. The molecule has 1 unspecified atom stereocenters. The monoisotopic (exact) mass is 310 g/mol. The first-order valence-electron chi connectivity index (χ1n) is 5.93. The second kappa shape index (κ2) is 6.10. The van der Waals surface area contributed by atoms with E-state index >= 15 is 0 Å². The van der Waals surface area contributed by atoms with E-state index in [4.69, 9.17) is 9.94 Å². The van der Waals surface area contributed by atoms with E-state index in [1.165, 1.54) is 18.2 Å². The summed E-state index contributed by atoms with van der Waals surface area (Å²) in [7, 11) is -3.50. The van der Waals surface area contributed by atoms with Crippen molar-refractivity contribution in [1.29, 1.82) is 0 Å². The molecule has 0 aliphatic heterocycles. The number of sulfonamides is 1. The van der Waals surface area contributed by atoms with E-state index in [9.17, 15) is 13.6 Å². The topological polar surface area (TPSA) is 103 Å². The van der Waals surface area contributed by atoms with E-state index in [2.05, 4.69) is 4.72 Å². The molecule has 0 bridgehead atoms. The van der Waals surface area contributed by atoms with Crippen molar-refractivity contribution in [2.24, 2.45) is 0 Å². The Hall–Kier alpha value is -2.13. The minimum Gasteiger partial charge on any atom is -0.595 e. The van der Waals surface area contributed by atoms with Gasteiger partial charge in [0.1, 0.15) is 5.75 Å². The van der Waals surface area contributed by atoms with Crippen molar-refractivity contribution >= 4 is 21.4 Å². The molecule has 0 saturated heterocycles. The fourth-order valence-electron chi connectivity index (χ4n) is 1.64. The van der Waals surface area contributed by atoms with Gasteiger partial charge in [0.25, 0.3) is 0 Å². The Kier molecular flexibility index (Phi) is 4.43. The van der Waals surface area contributed by atoms with Gasteiger partial charge in [0, 0.05) is 12.1 Å². The number of quaternary nitrogens is 1. The second-order valence-corrected chi connectivity index (χ2v) is 6.05. The lowest BCUT2D eigenvalue weighted by Crippen LogP contribution is -2.99. The van der Waals surface area contributed by atoms with Crippen molar-refractivity contribution < 1.29 is 23.6 Å². The van der Waals surface area contributed by atoms with Crippen LogP contribution >= 0.6 is 0 Å². The van der Waals surface area contributed by atoms with Gasteiger partial charge < -0.3 is 9.94 Å². The van der Waals surface area contributed by atoms with Crippen LogP contribution in [-0.4, -0.2) is 19.9 Å². The zero-order valence-corrected chi connectivity index (χ0v) is 11.9. The predicted octanol–water partition coefficient (Wildman–Crippen LogP) is 1.25. The highest BCUT2D eigenvalue weighted by molar-refractivity contribution is 7.92. The van der Waals surface area contributed by atoms with Crippen molar-refractivity contribution in [2.45, 2.75) is 0 Å². The number of para-hydroxylation sites is 1. The number of nitrogens with one attached hydrogen (secondary N) is 2. The first kappa shape index (κ1) is 15.3. The van der Waals surface area contributed by atoms with Gasteiger partial charge >= 0.3 is 0 Å². The maximum Gasteiger partial charge on any atom is 0.229 e. The molecule has 0 fully saturated rings. The molecule has 2 aromatic rings. The predicted molar refractivity (Wildman–Crippen MR) is 77.2 cm³/mol. The molecule has 21 heavy (non-hydrogen) atoms. The Morgan fingerprint density at radius 1 is 1.19 bits per heavy atom. The summed E-state index contributed by atoms with van der Waals surface area (Å²) in [5, 5.41) is 18.9. The molecule has 2 rings (SSSR count). The smallest absolute Gasteiger partial charge is 0.229 e. The Morgan fingerprint density at radius 2 is 1.86 bits per heavy atom. The molecule has 7 nitrogen and oxygen atoms in total. The van der Waals surface area contributed by atoms with Gasteiger partial charge in [-0.05, 0) is 18.2 Å². The summed E-state index contributed by atoms with van der Waals surface area (Å²) in [6, 6.07) is 12.6. The Balaban J connectivity index is 2.41. The molecular formula is C13H14N2O5S. The lowest BCUT2D eigenvalue weighted by molar-refractivity contribution is -0.991. The Labute approximate surface area is 122 Å². The van der Waals surface area contributed by atoms with Crippen LogP contribution in [0.4, 0.5) is 11.4 Å². The number of anilines is 1. The zero-order chi connectivity index (χ0) is 15.5. The van der Waals surface area contributed by atoms with Gasteiger partial charge in [0.2, 0.25) is 10.0 Å². The van der Waals surface area contributed by atoms with Gasteiger partial charge in [-0.15, -0.1) is 0 Å². The molecule has 8 heteroatoms. The maximum atomic E-state index is 11.3. The van der Waals surface area contributed by atoms with Crippen LogP contribution in [-0.2, 0) is 10.0 Å². The lowest BCUT2D eigenvalue weighted by atomic mass is 10.2. The largest absolute Gasteiger partial charge is 0.595 e. The SMILES string of the molecule is CS(=O)(=O)Nc1ccc([NH+]([O-])O)cc1Oc1ccccc1. The summed E-state index contributed by atoms with van der Waals surface area (Å²) < 4.78 is 30.5. The van der Waals surface area contributed by atoms with Crippen LogP contribution in [0.15, 0.2) is 48.5 Å². The molecule has 0 aliphatic rings. The van der Waals surface area contributed by atoms with Crippen LogP contribution in [0, 0.1) is 5.21 Å². The number of rotatable bonds is 5. The van der Waals surface area contributed by atoms with Gasteiger partial charge in [0.05, 0.1) is 11.9 Å². The second-order valence-electron chi connectivity index (χ2n) is 4.31. The number of hydrogen-bond donors (Lipinski definition) is 3. The normalized spacial score (nSPS) is 12.7. The highest BCUT2D eigenvalue weighted by atomic mass is 32.2. The van der Waals surface area contributed by atoms with Crippen molar-refractivity contribution in [1.82, 2.24) is 0 Å². The first-order chi connectivity index (χ1) is 9.85. The van der Waals surface area contributed by atoms with Gasteiger partial charge in [-0.25, -0.2) is 13.6 Å². The van der Waals surface area contributed by atoms with Gasteiger partial charge in [-0.2, -0.15) is 5.23 Å². The minimum atomic E-state index is -3.50. The molecule has 2 aromatic carbocycles. The van der Waals surface area contributed by atoms with Gasteiger partial charge in [-0.3, -0.25) is 4.72 Å². The van der Waals surface area contributed by atoms with Gasteiger partial charge in [0.15, 0.2) is 11.4 Å². The molecule has 0 saturated carbocycles. The average Bonchev–Trinajstić information content (AvgIpc) is 2.40.